The van der Waals surface area contributed by atoms with Crippen LogP contribution in [0.5, 0.6) is 0 Å². The summed E-state index contributed by atoms with van der Waals surface area (Å²) in [6.07, 6.45) is 1.70. The maximum atomic E-state index is 12.3. The topological polar surface area (TPSA) is 36.0 Å². The van der Waals surface area contributed by atoms with E-state index in [0.29, 0.717) is 0 Å². The van der Waals surface area contributed by atoms with Gasteiger partial charge in [0.05, 0.1) is 0 Å². The molecule has 0 radical (unpaired) electrons. The molecule has 0 N–H and O–H groups in total. The minimum atomic E-state index is -0.189. The number of rotatable bonds is 3. The third-order valence-corrected chi connectivity index (χ3v) is 4.53. The highest BCUT2D eigenvalue weighted by molar-refractivity contribution is 5.81. The van der Waals surface area contributed by atoms with E-state index in [1.165, 1.54) is 11.4 Å². The van der Waals surface area contributed by atoms with E-state index in [2.05, 4.69) is 34.1 Å². The Hall–Kier alpha value is -1.75. The molecule has 1 atom stereocenters. The summed E-state index contributed by atoms with van der Waals surface area (Å²) in [6, 6.07) is 8.60. The van der Waals surface area contributed by atoms with Gasteiger partial charge in [0.2, 0.25) is 0 Å². The zero-order valence-corrected chi connectivity index (χ0v) is 13.5. The molecule has 1 aromatic carbocycles. The second-order valence-electron chi connectivity index (χ2n) is 6.22. The zero-order chi connectivity index (χ0) is 15.5. The van der Waals surface area contributed by atoms with E-state index in [1.54, 1.807) is 0 Å². The second kappa shape index (κ2) is 6.57. The summed E-state index contributed by atoms with van der Waals surface area (Å²) in [7, 11) is 4.09. The quantitative estimate of drug-likeness (QED) is 0.849. The van der Waals surface area contributed by atoms with Crippen LogP contribution in [0.4, 0.5) is 11.4 Å². The number of nitrogens with zero attached hydrogens (tertiary/aromatic N) is 3. The van der Waals surface area contributed by atoms with Crippen LogP contribution in [0.1, 0.15) is 12.8 Å². The Bertz CT molecular complexity index is 501. The van der Waals surface area contributed by atoms with Gasteiger partial charge < -0.3 is 19.4 Å². The highest BCUT2D eigenvalue weighted by Gasteiger charge is 2.30. The van der Waals surface area contributed by atoms with Crippen molar-refractivity contribution in [2.24, 2.45) is 0 Å². The molecular formula is C17H25N3O2. The number of ether oxygens (including phenoxy) is 1. The van der Waals surface area contributed by atoms with Crippen molar-refractivity contribution in [1.29, 1.82) is 0 Å². The van der Waals surface area contributed by atoms with E-state index in [4.69, 9.17) is 4.74 Å². The lowest BCUT2D eigenvalue weighted by atomic mass is 10.2. The van der Waals surface area contributed by atoms with Gasteiger partial charge in [-0.05, 0) is 37.1 Å². The SMILES string of the molecule is CN(C)c1ccc(N2CCN(C(=O)C3CCCO3)CC2)cc1. The van der Waals surface area contributed by atoms with Crippen LogP contribution in [0.2, 0.25) is 0 Å². The van der Waals surface area contributed by atoms with Crippen molar-refractivity contribution in [1.82, 2.24) is 4.90 Å². The number of amides is 1. The van der Waals surface area contributed by atoms with Crippen molar-refractivity contribution in [2.45, 2.75) is 18.9 Å². The molecule has 2 fully saturated rings. The van der Waals surface area contributed by atoms with Crippen LogP contribution >= 0.6 is 0 Å². The fourth-order valence-corrected chi connectivity index (χ4v) is 3.12. The van der Waals surface area contributed by atoms with E-state index in [9.17, 15) is 4.79 Å². The fraction of sp³-hybridized carbons (Fsp3) is 0.588. The van der Waals surface area contributed by atoms with Crippen LogP contribution in [0.3, 0.4) is 0 Å². The lowest BCUT2D eigenvalue weighted by molar-refractivity contribution is -0.141. The summed E-state index contributed by atoms with van der Waals surface area (Å²) in [6.45, 7) is 4.08. The monoisotopic (exact) mass is 303 g/mol. The number of carbonyl (C=O) groups excluding carboxylic acids is 1. The van der Waals surface area contributed by atoms with Gasteiger partial charge in [0.1, 0.15) is 6.10 Å². The number of anilines is 2. The summed E-state index contributed by atoms with van der Waals surface area (Å²) < 4.78 is 5.51. The van der Waals surface area contributed by atoms with E-state index < -0.39 is 0 Å². The molecule has 1 amide bonds. The van der Waals surface area contributed by atoms with E-state index in [0.717, 1.165) is 45.6 Å². The van der Waals surface area contributed by atoms with Gasteiger partial charge in [-0.25, -0.2) is 0 Å². The standard InChI is InChI=1S/C17H25N3O2/c1-18(2)14-5-7-15(8-6-14)19-9-11-20(12-10-19)17(21)16-4-3-13-22-16/h5-8,16H,3-4,9-13H2,1-2H3. The van der Waals surface area contributed by atoms with Crippen molar-refractivity contribution < 1.29 is 9.53 Å². The van der Waals surface area contributed by atoms with E-state index in [-0.39, 0.29) is 12.0 Å². The molecule has 0 aliphatic carbocycles. The van der Waals surface area contributed by atoms with Crippen molar-refractivity contribution >= 4 is 17.3 Å². The lowest BCUT2D eigenvalue weighted by Gasteiger charge is -2.37. The molecule has 2 saturated heterocycles. The summed E-state index contributed by atoms with van der Waals surface area (Å²) in [5.41, 5.74) is 2.44. The van der Waals surface area contributed by atoms with Gasteiger partial charge in [0.15, 0.2) is 0 Å². The molecule has 1 unspecified atom stereocenters. The average Bonchev–Trinajstić information content (AvgIpc) is 3.09. The summed E-state index contributed by atoms with van der Waals surface area (Å²) in [4.78, 5) is 18.7. The van der Waals surface area contributed by atoms with Gasteiger partial charge in [-0.15, -0.1) is 0 Å². The summed E-state index contributed by atoms with van der Waals surface area (Å²) in [5, 5.41) is 0. The van der Waals surface area contributed by atoms with Crippen molar-refractivity contribution in [3.05, 3.63) is 24.3 Å². The van der Waals surface area contributed by atoms with Crippen molar-refractivity contribution in [2.75, 3.05) is 56.7 Å². The van der Waals surface area contributed by atoms with Crippen LogP contribution < -0.4 is 9.80 Å². The molecule has 0 aromatic heterocycles. The normalized spacial score (nSPS) is 22.0. The third-order valence-electron chi connectivity index (χ3n) is 4.53. The molecule has 0 bridgehead atoms. The molecule has 2 aliphatic heterocycles. The molecule has 1 aromatic rings. The predicted octanol–water partition coefficient (Wildman–Crippen LogP) is 1.58. The molecule has 5 nitrogen and oxygen atoms in total. The highest BCUT2D eigenvalue weighted by Crippen LogP contribution is 2.22. The summed E-state index contributed by atoms with van der Waals surface area (Å²) in [5.74, 6) is 0.181. The maximum absolute atomic E-state index is 12.3. The highest BCUT2D eigenvalue weighted by atomic mass is 16.5. The van der Waals surface area contributed by atoms with Crippen molar-refractivity contribution in [3.63, 3.8) is 0 Å². The fourth-order valence-electron chi connectivity index (χ4n) is 3.12. The van der Waals surface area contributed by atoms with Crippen LogP contribution in [0.25, 0.3) is 0 Å². The Labute approximate surface area is 132 Å². The Balaban J connectivity index is 1.55. The zero-order valence-electron chi connectivity index (χ0n) is 13.5. The van der Waals surface area contributed by atoms with Gasteiger partial charge in [-0.3, -0.25) is 4.79 Å². The van der Waals surface area contributed by atoms with Crippen LogP contribution in [-0.4, -0.2) is 63.8 Å². The van der Waals surface area contributed by atoms with Crippen LogP contribution in [0.15, 0.2) is 24.3 Å². The van der Waals surface area contributed by atoms with Crippen LogP contribution in [0, 0.1) is 0 Å². The lowest BCUT2D eigenvalue weighted by Crippen LogP contribution is -2.51. The van der Waals surface area contributed by atoms with Crippen LogP contribution in [-0.2, 0) is 9.53 Å². The van der Waals surface area contributed by atoms with Gasteiger partial charge in [-0.2, -0.15) is 0 Å². The molecule has 22 heavy (non-hydrogen) atoms. The van der Waals surface area contributed by atoms with Gasteiger partial charge in [0.25, 0.3) is 5.91 Å². The number of carbonyl (C=O) groups is 1. The van der Waals surface area contributed by atoms with Crippen molar-refractivity contribution in [3.8, 4) is 0 Å². The number of piperazine rings is 1. The first-order valence-electron chi connectivity index (χ1n) is 8.08. The first-order chi connectivity index (χ1) is 10.6. The van der Waals surface area contributed by atoms with E-state index >= 15 is 0 Å². The molecule has 0 spiro atoms. The van der Waals surface area contributed by atoms with Gasteiger partial charge in [0, 0.05) is 58.3 Å². The largest absolute Gasteiger partial charge is 0.378 e. The second-order valence-corrected chi connectivity index (χ2v) is 6.22. The molecule has 0 saturated carbocycles. The Morgan fingerprint density at radius 3 is 2.36 bits per heavy atom. The number of hydrogen-bond donors (Lipinski definition) is 0. The molecular weight excluding hydrogens is 278 g/mol. The number of benzene rings is 1. The predicted molar refractivity (Wildman–Crippen MR) is 88.5 cm³/mol. The molecule has 2 aliphatic rings. The first-order valence-corrected chi connectivity index (χ1v) is 8.08. The maximum Gasteiger partial charge on any atom is 0.251 e. The van der Waals surface area contributed by atoms with E-state index in [1.807, 2.05) is 19.0 Å². The minimum absolute atomic E-state index is 0.181. The molecule has 2 heterocycles. The molecule has 5 heteroatoms. The average molecular weight is 303 g/mol. The molecule has 120 valence electrons. The minimum Gasteiger partial charge on any atom is -0.378 e. The first kappa shape index (κ1) is 15.2. The Morgan fingerprint density at radius 1 is 1.14 bits per heavy atom. The Kier molecular flexibility index (Phi) is 4.52. The van der Waals surface area contributed by atoms with Gasteiger partial charge in [-0.1, -0.05) is 0 Å². The summed E-state index contributed by atoms with van der Waals surface area (Å²) >= 11 is 0. The smallest absolute Gasteiger partial charge is 0.251 e. The molecule has 3 rings (SSSR count). The number of hydrogen-bond acceptors (Lipinski definition) is 4. The van der Waals surface area contributed by atoms with Gasteiger partial charge >= 0.3 is 0 Å². The Morgan fingerprint density at radius 2 is 1.82 bits per heavy atom. The third kappa shape index (κ3) is 3.19.